The van der Waals surface area contributed by atoms with Gasteiger partial charge in [0.1, 0.15) is 5.82 Å². The Hall–Kier alpha value is -2.96. The number of benzene rings is 1. The number of aromatic amines is 1. The first-order valence-electron chi connectivity index (χ1n) is 7.62. The summed E-state index contributed by atoms with van der Waals surface area (Å²) in [7, 11) is 1.67. The lowest BCUT2D eigenvalue weighted by Crippen LogP contribution is -2.30. The molecule has 6 nitrogen and oxygen atoms in total. The van der Waals surface area contributed by atoms with Gasteiger partial charge in [-0.25, -0.2) is 9.37 Å². The maximum absolute atomic E-state index is 13.6. The van der Waals surface area contributed by atoms with E-state index in [0.717, 1.165) is 5.56 Å². The molecule has 1 aliphatic rings. The fraction of sp³-hybridized carbons (Fsp3) is 0.235. The first kappa shape index (κ1) is 14.6. The van der Waals surface area contributed by atoms with Crippen molar-refractivity contribution in [3.63, 3.8) is 0 Å². The van der Waals surface area contributed by atoms with E-state index in [0.29, 0.717) is 30.0 Å². The minimum atomic E-state index is -0.387. The third kappa shape index (κ3) is 2.05. The Morgan fingerprint density at radius 1 is 1.33 bits per heavy atom. The summed E-state index contributed by atoms with van der Waals surface area (Å²) in [4.78, 5) is 31.1. The number of nitrogens with one attached hydrogen (secondary N) is 1. The van der Waals surface area contributed by atoms with Crippen molar-refractivity contribution in [2.24, 2.45) is 7.05 Å². The Balaban J connectivity index is 1.90. The Labute approximate surface area is 136 Å². The molecule has 0 radical (unpaired) electrons. The second-order valence-corrected chi connectivity index (χ2v) is 5.99. The van der Waals surface area contributed by atoms with Crippen molar-refractivity contribution in [1.82, 2.24) is 14.8 Å². The lowest BCUT2D eigenvalue weighted by Gasteiger charge is -2.18. The molecule has 3 aromatic rings. The van der Waals surface area contributed by atoms with Gasteiger partial charge in [-0.1, -0.05) is 6.07 Å². The summed E-state index contributed by atoms with van der Waals surface area (Å²) in [6.07, 6.45) is 0.666. The lowest BCUT2D eigenvalue weighted by atomic mass is 10.1. The quantitative estimate of drug-likeness (QED) is 0.742. The maximum Gasteiger partial charge on any atom is 0.274 e. The summed E-state index contributed by atoms with van der Waals surface area (Å²) in [6.45, 7) is 2.23. The third-order valence-corrected chi connectivity index (χ3v) is 4.36. The van der Waals surface area contributed by atoms with E-state index in [1.807, 2.05) is 0 Å². The van der Waals surface area contributed by atoms with E-state index in [1.165, 1.54) is 21.7 Å². The fourth-order valence-electron chi connectivity index (χ4n) is 3.26. The van der Waals surface area contributed by atoms with E-state index in [1.54, 1.807) is 26.1 Å². The molecule has 4 rings (SSSR count). The van der Waals surface area contributed by atoms with Crippen molar-refractivity contribution in [2.75, 3.05) is 11.4 Å². The molecule has 1 aliphatic heterocycles. The zero-order valence-corrected chi connectivity index (χ0v) is 13.3. The number of nitrogens with zero attached hydrogens (tertiary/aromatic N) is 3. The van der Waals surface area contributed by atoms with Crippen LogP contribution in [-0.2, 0) is 13.5 Å². The number of aryl methyl sites for hydroxylation is 2. The largest absolute Gasteiger partial charge is 0.308 e. The third-order valence-electron chi connectivity index (χ3n) is 4.36. The number of pyridine rings is 1. The van der Waals surface area contributed by atoms with Crippen molar-refractivity contribution in [3.05, 3.63) is 57.3 Å². The number of fused-ring (bicyclic) bond motifs is 2. The Morgan fingerprint density at radius 2 is 2.12 bits per heavy atom. The first-order valence-corrected chi connectivity index (χ1v) is 7.62. The van der Waals surface area contributed by atoms with Gasteiger partial charge in [-0.3, -0.25) is 19.4 Å². The highest BCUT2D eigenvalue weighted by Crippen LogP contribution is 2.31. The minimum absolute atomic E-state index is 0.262. The highest BCUT2D eigenvalue weighted by molar-refractivity contribution is 6.13. The van der Waals surface area contributed by atoms with Gasteiger partial charge in [-0.15, -0.1) is 0 Å². The lowest BCUT2D eigenvalue weighted by molar-refractivity contribution is 0.0990. The van der Waals surface area contributed by atoms with Gasteiger partial charge in [-0.05, 0) is 37.1 Å². The number of H-pyrrole nitrogens is 1. The summed E-state index contributed by atoms with van der Waals surface area (Å²) < 4.78 is 15.1. The van der Waals surface area contributed by atoms with Crippen LogP contribution in [0.5, 0.6) is 0 Å². The summed E-state index contributed by atoms with van der Waals surface area (Å²) in [5, 5.41) is 2.89. The monoisotopic (exact) mass is 326 g/mol. The Bertz CT molecular complexity index is 1050. The topological polar surface area (TPSA) is 71.0 Å². The molecule has 0 fully saturated rings. The van der Waals surface area contributed by atoms with Gasteiger partial charge in [-0.2, -0.15) is 0 Å². The van der Waals surface area contributed by atoms with Crippen LogP contribution in [-0.4, -0.2) is 27.2 Å². The van der Waals surface area contributed by atoms with Crippen LogP contribution < -0.4 is 10.5 Å². The number of anilines is 1. The van der Waals surface area contributed by atoms with Gasteiger partial charge in [0.25, 0.3) is 11.5 Å². The molecule has 1 amide bonds. The molecule has 0 atom stereocenters. The van der Waals surface area contributed by atoms with Crippen molar-refractivity contribution >= 4 is 22.6 Å². The summed E-state index contributed by atoms with van der Waals surface area (Å²) in [5.41, 5.74) is 2.49. The zero-order chi connectivity index (χ0) is 17.0. The van der Waals surface area contributed by atoms with E-state index in [2.05, 4.69) is 10.1 Å². The van der Waals surface area contributed by atoms with Crippen LogP contribution in [0.25, 0.3) is 11.0 Å². The molecule has 122 valence electrons. The van der Waals surface area contributed by atoms with Crippen molar-refractivity contribution in [2.45, 2.75) is 13.3 Å². The zero-order valence-electron chi connectivity index (χ0n) is 13.3. The average Bonchev–Trinajstić information content (AvgIpc) is 3.07. The van der Waals surface area contributed by atoms with Gasteiger partial charge in [0, 0.05) is 19.3 Å². The van der Waals surface area contributed by atoms with E-state index >= 15 is 0 Å². The van der Waals surface area contributed by atoms with E-state index < -0.39 is 0 Å². The van der Waals surface area contributed by atoms with Crippen LogP contribution in [0, 0.1) is 12.7 Å². The van der Waals surface area contributed by atoms with Gasteiger partial charge in [0.15, 0.2) is 5.65 Å². The molecule has 3 heterocycles. The van der Waals surface area contributed by atoms with Gasteiger partial charge < -0.3 is 4.90 Å². The maximum atomic E-state index is 13.6. The van der Waals surface area contributed by atoms with Gasteiger partial charge >= 0.3 is 0 Å². The van der Waals surface area contributed by atoms with Crippen LogP contribution in [0.4, 0.5) is 10.1 Å². The average molecular weight is 326 g/mol. The molecule has 7 heteroatoms. The number of amides is 1. The smallest absolute Gasteiger partial charge is 0.274 e. The van der Waals surface area contributed by atoms with E-state index in [-0.39, 0.29) is 28.2 Å². The number of rotatable bonds is 1. The van der Waals surface area contributed by atoms with Crippen LogP contribution in [0.15, 0.2) is 29.1 Å². The molecule has 0 bridgehead atoms. The Morgan fingerprint density at radius 3 is 2.92 bits per heavy atom. The fourth-order valence-corrected chi connectivity index (χ4v) is 3.26. The summed E-state index contributed by atoms with van der Waals surface area (Å²) >= 11 is 0. The predicted octanol–water partition coefficient (Wildman–Crippen LogP) is 1.91. The summed E-state index contributed by atoms with van der Waals surface area (Å²) in [5.74, 6) is -0.700. The Kier molecular flexibility index (Phi) is 3.06. The highest BCUT2D eigenvalue weighted by atomic mass is 19.1. The molecule has 0 saturated carbocycles. The van der Waals surface area contributed by atoms with Crippen LogP contribution in [0.2, 0.25) is 0 Å². The number of hydrogen-bond donors (Lipinski definition) is 1. The highest BCUT2D eigenvalue weighted by Gasteiger charge is 2.28. The van der Waals surface area contributed by atoms with Crippen LogP contribution >= 0.6 is 0 Å². The standard InChI is InChI=1S/C17H15FN4O2/c1-9-7-12(14-15(19-9)21(2)20-16(14)23)17(24)22-6-5-10-3-4-11(18)8-13(10)22/h3-4,7-8H,5-6H2,1-2H3,(H,20,23). The van der Waals surface area contributed by atoms with Crippen molar-refractivity contribution in [1.29, 1.82) is 0 Å². The van der Waals surface area contributed by atoms with Crippen LogP contribution in [0.1, 0.15) is 21.6 Å². The molecule has 0 unspecified atom stereocenters. The molecule has 24 heavy (non-hydrogen) atoms. The predicted molar refractivity (Wildman–Crippen MR) is 87.9 cm³/mol. The minimum Gasteiger partial charge on any atom is -0.308 e. The van der Waals surface area contributed by atoms with Gasteiger partial charge in [0.05, 0.1) is 16.6 Å². The molecule has 0 saturated heterocycles. The summed E-state index contributed by atoms with van der Waals surface area (Å²) in [6, 6.07) is 6.06. The molecule has 1 aromatic carbocycles. The number of halogens is 1. The SMILES string of the molecule is Cc1cc(C(=O)N2CCc3ccc(F)cc32)c2c(=O)[nH]n(C)c2n1. The molecule has 1 N–H and O–H groups in total. The molecule has 0 aliphatic carbocycles. The van der Waals surface area contributed by atoms with E-state index in [9.17, 15) is 14.0 Å². The van der Waals surface area contributed by atoms with Crippen molar-refractivity contribution in [3.8, 4) is 0 Å². The first-order chi connectivity index (χ1) is 11.5. The second-order valence-electron chi connectivity index (χ2n) is 5.99. The normalized spacial score (nSPS) is 13.5. The van der Waals surface area contributed by atoms with Gasteiger partial charge in [0.2, 0.25) is 0 Å². The van der Waals surface area contributed by atoms with E-state index in [4.69, 9.17) is 0 Å². The van der Waals surface area contributed by atoms with Crippen LogP contribution in [0.3, 0.4) is 0 Å². The number of carbonyl (C=O) groups excluding carboxylic acids is 1. The second kappa shape index (κ2) is 5.02. The molecule has 2 aromatic heterocycles. The van der Waals surface area contributed by atoms with Crippen molar-refractivity contribution < 1.29 is 9.18 Å². The molecular formula is C17H15FN4O2. The number of aromatic nitrogens is 3. The number of hydrogen-bond acceptors (Lipinski definition) is 3. The number of carbonyl (C=O) groups is 1. The molecule has 0 spiro atoms. The molecular weight excluding hydrogens is 311 g/mol.